The van der Waals surface area contributed by atoms with Crippen LogP contribution in [-0.2, 0) is 9.47 Å². The van der Waals surface area contributed by atoms with Gasteiger partial charge in [-0.05, 0) is 32.7 Å². The maximum atomic E-state index is 5.38. The highest BCUT2D eigenvalue weighted by atomic mass is 16.5. The van der Waals surface area contributed by atoms with Gasteiger partial charge in [0.15, 0.2) is 0 Å². The van der Waals surface area contributed by atoms with Gasteiger partial charge in [-0.1, -0.05) is 13.3 Å². The Hall–Kier alpha value is -0.120. The van der Waals surface area contributed by atoms with E-state index in [0.29, 0.717) is 12.6 Å². The first-order valence-corrected chi connectivity index (χ1v) is 6.11. The van der Waals surface area contributed by atoms with Crippen LogP contribution in [0, 0.1) is 0 Å². The molecule has 0 aromatic carbocycles. The lowest BCUT2D eigenvalue weighted by molar-refractivity contribution is 0.0687. The Kier molecular flexibility index (Phi) is 11.9. The summed E-state index contributed by atoms with van der Waals surface area (Å²) < 4.78 is 10.3. The minimum atomic E-state index is 0.657. The Labute approximate surface area is 94.5 Å². The molecule has 0 heterocycles. The van der Waals surface area contributed by atoms with Crippen molar-refractivity contribution in [1.29, 1.82) is 0 Å². The van der Waals surface area contributed by atoms with E-state index in [4.69, 9.17) is 9.47 Å². The van der Waals surface area contributed by atoms with Gasteiger partial charge in [0.2, 0.25) is 0 Å². The molecule has 3 nitrogen and oxygen atoms in total. The monoisotopic (exact) mass is 217 g/mol. The summed E-state index contributed by atoms with van der Waals surface area (Å²) in [6.07, 6.45) is 4.86. The highest BCUT2D eigenvalue weighted by Gasteiger charge is 1.97. The van der Waals surface area contributed by atoms with E-state index < -0.39 is 0 Å². The second kappa shape index (κ2) is 12.0. The van der Waals surface area contributed by atoms with E-state index in [1.807, 2.05) is 0 Å². The highest BCUT2D eigenvalue weighted by molar-refractivity contribution is 4.58. The zero-order valence-corrected chi connectivity index (χ0v) is 10.6. The van der Waals surface area contributed by atoms with Crippen molar-refractivity contribution in [2.45, 2.75) is 45.6 Å². The predicted molar refractivity (Wildman–Crippen MR) is 64.3 cm³/mol. The van der Waals surface area contributed by atoms with Gasteiger partial charge in [-0.2, -0.15) is 0 Å². The first kappa shape index (κ1) is 14.9. The quantitative estimate of drug-likeness (QED) is 0.538. The van der Waals surface area contributed by atoms with Gasteiger partial charge in [0.25, 0.3) is 0 Å². The fraction of sp³-hybridized carbons (Fsp3) is 1.00. The first-order chi connectivity index (χ1) is 7.31. The lowest BCUT2D eigenvalue weighted by atomic mass is 10.2. The SMILES string of the molecule is CCCC(C)NCCCCOCCOC. The molecular weight excluding hydrogens is 190 g/mol. The molecule has 0 aliphatic heterocycles. The van der Waals surface area contributed by atoms with Gasteiger partial charge < -0.3 is 14.8 Å². The molecule has 0 saturated carbocycles. The summed E-state index contributed by atoms with van der Waals surface area (Å²) in [6, 6.07) is 0.657. The van der Waals surface area contributed by atoms with Crippen LogP contribution in [0.25, 0.3) is 0 Å². The molecule has 0 aliphatic carbocycles. The van der Waals surface area contributed by atoms with E-state index in [1.165, 1.54) is 19.3 Å². The Morgan fingerprint density at radius 1 is 1.13 bits per heavy atom. The van der Waals surface area contributed by atoms with Crippen LogP contribution in [-0.4, -0.2) is 39.5 Å². The maximum absolute atomic E-state index is 5.38. The van der Waals surface area contributed by atoms with E-state index >= 15 is 0 Å². The van der Waals surface area contributed by atoms with Crippen molar-refractivity contribution in [2.24, 2.45) is 0 Å². The van der Waals surface area contributed by atoms with Gasteiger partial charge in [-0.3, -0.25) is 0 Å². The number of methoxy groups -OCH3 is 1. The lowest BCUT2D eigenvalue weighted by Crippen LogP contribution is -2.26. The van der Waals surface area contributed by atoms with Crippen LogP contribution in [0.2, 0.25) is 0 Å². The summed E-state index contributed by atoms with van der Waals surface area (Å²) in [6.45, 7) is 7.85. The fourth-order valence-corrected chi connectivity index (χ4v) is 1.46. The largest absolute Gasteiger partial charge is 0.382 e. The average molecular weight is 217 g/mol. The van der Waals surface area contributed by atoms with Gasteiger partial charge in [0.1, 0.15) is 0 Å². The van der Waals surface area contributed by atoms with Crippen LogP contribution in [0.5, 0.6) is 0 Å². The molecule has 0 bridgehead atoms. The molecule has 0 amide bonds. The van der Waals surface area contributed by atoms with Crippen LogP contribution >= 0.6 is 0 Å². The molecule has 15 heavy (non-hydrogen) atoms. The molecule has 0 aromatic rings. The summed E-state index contributed by atoms with van der Waals surface area (Å²) in [7, 11) is 1.70. The average Bonchev–Trinajstić information content (AvgIpc) is 2.22. The van der Waals surface area contributed by atoms with Crippen LogP contribution in [0.4, 0.5) is 0 Å². The van der Waals surface area contributed by atoms with Crippen LogP contribution in [0.3, 0.4) is 0 Å². The number of rotatable bonds is 11. The number of hydrogen-bond acceptors (Lipinski definition) is 3. The number of hydrogen-bond donors (Lipinski definition) is 1. The molecule has 0 aromatic heterocycles. The molecule has 3 heteroatoms. The molecule has 0 aliphatic rings. The van der Waals surface area contributed by atoms with Crippen LogP contribution < -0.4 is 5.32 Å². The number of nitrogens with one attached hydrogen (secondary N) is 1. The summed E-state index contributed by atoms with van der Waals surface area (Å²) in [4.78, 5) is 0. The number of ether oxygens (including phenoxy) is 2. The van der Waals surface area contributed by atoms with Crippen LogP contribution in [0.1, 0.15) is 39.5 Å². The van der Waals surface area contributed by atoms with Crippen molar-refractivity contribution >= 4 is 0 Å². The third-order valence-electron chi connectivity index (χ3n) is 2.36. The molecule has 1 unspecified atom stereocenters. The smallest absolute Gasteiger partial charge is 0.0700 e. The minimum Gasteiger partial charge on any atom is -0.382 e. The predicted octanol–water partition coefficient (Wildman–Crippen LogP) is 2.21. The van der Waals surface area contributed by atoms with Crippen molar-refractivity contribution in [3.63, 3.8) is 0 Å². The van der Waals surface area contributed by atoms with Crippen molar-refractivity contribution in [3.8, 4) is 0 Å². The Balaban J connectivity index is 2.98. The van der Waals surface area contributed by atoms with Crippen molar-refractivity contribution in [1.82, 2.24) is 5.32 Å². The van der Waals surface area contributed by atoms with Crippen molar-refractivity contribution in [2.75, 3.05) is 33.5 Å². The lowest BCUT2D eigenvalue weighted by Gasteiger charge is -2.12. The van der Waals surface area contributed by atoms with Gasteiger partial charge in [0, 0.05) is 19.8 Å². The summed E-state index contributed by atoms with van der Waals surface area (Å²) in [5, 5.41) is 3.51. The molecule has 1 atom stereocenters. The molecular formula is C12H27NO2. The summed E-state index contributed by atoms with van der Waals surface area (Å²) in [5.41, 5.74) is 0. The molecule has 0 radical (unpaired) electrons. The second-order valence-corrected chi connectivity index (χ2v) is 3.96. The normalized spacial score (nSPS) is 13.0. The Bertz CT molecular complexity index is 120. The fourth-order valence-electron chi connectivity index (χ4n) is 1.46. The summed E-state index contributed by atoms with van der Waals surface area (Å²) >= 11 is 0. The molecule has 0 fully saturated rings. The molecule has 0 saturated heterocycles. The Morgan fingerprint density at radius 3 is 2.60 bits per heavy atom. The molecule has 0 spiro atoms. The molecule has 92 valence electrons. The first-order valence-electron chi connectivity index (χ1n) is 6.11. The summed E-state index contributed by atoms with van der Waals surface area (Å²) in [5.74, 6) is 0. The zero-order chi connectivity index (χ0) is 11.4. The standard InChI is InChI=1S/C12H27NO2/c1-4-7-12(2)13-8-5-6-9-15-11-10-14-3/h12-13H,4-11H2,1-3H3. The van der Waals surface area contributed by atoms with Gasteiger partial charge in [0.05, 0.1) is 13.2 Å². The molecule has 0 rings (SSSR count). The highest BCUT2D eigenvalue weighted by Crippen LogP contribution is 1.95. The van der Waals surface area contributed by atoms with E-state index in [0.717, 1.165) is 26.2 Å². The minimum absolute atomic E-state index is 0.657. The van der Waals surface area contributed by atoms with Gasteiger partial charge in [-0.25, -0.2) is 0 Å². The van der Waals surface area contributed by atoms with Crippen molar-refractivity contribution < 1.29 is 9.47 Å². The Morgan fingerprint density at radius 2 is 1.93 bits per heavy atom. The van der Waals surface area contributed by atoms with Crippen LogP contribution in [0.15, 0.2) is 0 Å². The van der Waals surface area contributed by atoms with Gasteiger partial charge in [-0.15, -0.1) is 0 Å². The zero-order valence-electron chi connectivity index (χ0n) is 10.6. The number of unbranched alkanes of at least 4 members (excludes halogenated alkanes) is 1. The van der Waals surface area contributed by atoms with E-state index in [2.05, 4.69) is 19.2 Å². The van der Waals surface area contributed by atoms with Crippen molar-refractivity contribution in [3.05, 3.63) is 0 Å². The maximum Gasteiger partial charge on any atom is 0.0700 e. The third kappa shape index (κ3) is 11.8. The molecule has 1 N–H and O–H groups in total. The van der Waals surface area contributed by atoms with E-state index in [1.54, 1.807) is 7.11 Å². The van der Waals surface area contributed by atoms with E-state index in [9.17, 15) is 0 Å². The topological polar surface area (TPSA) is 30.5 Å². The second-order valence-electron chi connectivity index (χ2n) is 3.96. The third-order valence-corrected chi connectivity index (χ3v) is 2.36. The van der Waals surface area contributed by atoms with Gasteiger partial charge >= 0.3 is 0 Å². The van der Waals surface area contributed by atoms with E-state index in [-0.39, 0.29) is 0 Å².